The summed E-state index contributed by atoms with van der Waals surface area (Å²) in [5.74, 6) is 0.488. The van der Waals surface area contributed by atoms with Crippen LogP contribution in [0.15, 0.2) is 60.7 Å². The number of ether oxygens (including phenoxy) is 1. The molecule has 3 aromatic rings. The molecule has 0 bridgehead atoms. The molecule has 0 fully saturated rings. The molecule has 0 aliphatic rings. The standard InChI is InChI=1S/C25H25NO4/c1-3-8-22-25(29)21(13-14-24(27)28)17(2)23(26-22)16-18-9-7-12-20(15-18)30-19-10-5-4-6-11-19/h4-7,9-15,29H,3,8,16H2,1-2H3,(H,27,28). The molecule has 0 atom stereocenters. The van der Waals surface area contributed by atoms with Crippen LogP contribution in [0.2, 0.25) is 0 Å². The molecular weight excluding hydrogens is 378 g/mol. The first kappa shape index (κ1) is 21.1. The van der Waals surface area contributed by atoms with Crippen molar-refractivity contribution in [2.24, 2.45) is 0 Å². The molecule has 154 valence electrons. The number of aromatic hydroxyl groups is 1. The second-order valence-corrected chi connectivity index (χ2v) is 7.05. The zero-order valence-electron chi connectivity index (χ0n) is 17.1. The van der Waals surface area contributed by atoms with E-state index in [4.69, 9.17) is 9.84 Å². The van der Waals surface area contributed by atoms with Crippen molar-refractivity contribution in [1.29, 1.82) is 0 Å². The number of benzene rings is 2. The Balaban J connectivity index is 1.94. The number of rotatable bonds is 8. The number of hydrogen-bond acceptors (Lipinski definition) is 4. The van der Waals surface area contributed by atoms with Gasteiger partial charge in [-0.1, -0.05) is 43.7 Å². The first-order valence-electron chi connectivity index (χ1n) is 9.92. The monoisotopic (exact) mass is 403 g/mol. The van der Waals surface area contributed by atoms with Crippen LogP contribution >= 0.6 is 0 Å². The molecule has 1 heterocycles. The van der Waals surface area contributed by atoms with Gasteiger partial charge in [0.05, 0.1) is 5.69 Å². The Morgan fingerprint density at radius 1 is 1.07 bits per heavy atom. The molecule has 3 rings (SSSR count). The SMILES string of the molecule is CCCc1nc(Cc2cccc(Oc3ccccc3)c2)c(C)c(C=CC(=O)O)c1O. The molecule has 5 nitrogen and oxygen atoms in total. The third-order valence-electron chi connectivity index (χ3n) is 4.76. The Hall–Kier alpha value is -3.60. The molecule has 1 aromatic heterocycles. The van der Waals surface area contributed by atoms with Crippen LogP contribution in [0.4, 0.5) is 0 Å². The average Bonchev–Trinajstić information content (AvgIpc) is 2.72. The zero-order chi connectivity index (χ0) is 21.5. The molecule has 0 unspecified atom stereocenters. The first-order valence-corrected chi connectivity index (χ1v) is 9.92. The molecule has 5 heteroatoms. The number of pyridine rings is 1. The molecule has 0 saturated carbocycles. The summed E-state index contributed by atoms with van der Waals surface area (Å²) >= 11 is 0. The van der Waals surface area contributed by atoms with Gasteiger partial charge in [0.25, 0.3) is 0 Å². The largest absolute Gasteiger partial charge is 0.505 e. The predicted molar refractivity (Wildman–Crippen MR) is 117 cm³/mol. The number of carboxylic acid groups (broad SMARTS) is 1. The molecular formula is C25H25NO4. The van der Waals surface area contributed by atoms with Crippen LogP contribution in [0.25, 0.3) is 6.08 Å². The third-order valence-corrected chi connectivity index (χ3v) is 4.76. The van der Waals surface area contributed by atoms with Crippen molar-refractivity contribution >= 4 is 12.0 Å². The van der Waals surface area contributed by atoms with Gasteiger partial charge in [0, 0.05) is 23.8 Å². The van der Waals surface area contributed by atoms with Crippen molar-refractivity contribution in [3.05, 3.63) is 88.8 Å². The van der Waals surface area contributed by atoms with Crippen LogP contribution in [-0.2, 0) is 17.6 Å². The number of hydrogen-bond donors (Lipinski definition) is 2. The van der Waals surface area contributed by atoms with E-state index in [9.17, 15) is 9.90 Å². The second-order valence-electron chi connectivity index (χ2n) is 7.05. The van der Waals surface area contributed by atoms with Gasteiger partial charge in [-0.2, -0.15) is 0 Å². The number of carboxylic acids is 1. The molecule has 30 heavy (non-hydrogen) atoms. The van der Waals surface area contributed by atoms with E-state index in [0.29, 0.717) is 24.1 Å². The summed E-state index contributed by atoms with van der Waals surface area (Å²) in [6, 6.07) is 17.4. The lowest BCUT2D eigenvalue weighted by molar-refractivity contribution is -0.131. The second kappa shape index (κ2) is 9.74. The highest BCUT2D eigenvalue weighted by atomic mass is 16.5. The van der Waals surface area contributed by atoms with Crippen LogP contribution in [0, 0.1) is 6.92 Å². The minimum atomic E-state index is -1.06. The number of aryl methyl sites for hydroxylation is 1. The Kier molecular flexibility index (Phi) is 6.86. The minimum absolute atomic E-state index is 0.0526. The van der Waals surface area contributed by atoms with Crippen molar-refractivity contribution in [2.75, 3.05) is 0 Å². The lowest BCUT2D eigenvalue weighted by atomic mass is 9.98. The Bertz CT molecular complexity index is 1060. The quantitative estimate of drug-likeness (QED) is 0.484. The normalized spacial score (nSPS) is 11.0. The summed E-state index contributed by atoms with van der Waals surface area (Å²) in [6.07, 6.45) is 4.46. The number of para-hydroxylation sites is 1. The summed E-state index contributed by atoms with van der Waals surface area (Å²) in [5, 5.41) is 19.6. The number of carbonyl (C=O) groups is 1. The molecule has 2 N–H and O–H groups in total. The smallest absolute Gasteiger partial charge is 0.328 e. The third kappa shape index (κ3) is 5.26. The highest BCUT2D eigenvalue weighted by molar-refractivity contribution is 5.86. The van der Waals surface area contributed by atoms with Crippen molar-refractivity contribution in [2.45, 2.75) is 33.1 Å². The van der Waals surface area contributed by atoms with Crippen LogP contribution in [0.3, 0.4) is 0 Å². The maximum absolute atomic E-state index is 11.0. The molecule has 0 saturated heterocycles. The van der Waals surface area contributed by atoms with Crippen LogP contribution in [0.5, 0.6) is 17.2 Å². The number of nitrogens with zero attached hydrogens (tertiary/aromatic N) is 1. The molecule has 2 aromatic carbocycles. The molecule has 0 aliphatic heterocycles. The van der Waals surface area contributed by atoms with Gasteiger partial charge >= 0.3 is 5.97 Å². The van der Waals surface area contributed by atoms with Gasteiger partial charge in [-0.25, -0.2) is 4.79 Å². The number of aliphatic carboxylic acids is 1. The fourth-order valence-corrected chi connectivity index (χ4v) is 3.27. The fourth-order valence-electron chi connectivity index (χ4n) is 3.27. The van der Waals surface area contributed by atoms with Crippen LogP contribution < -0.4 is 4.74 Å². The van der Waals surface area contributed by atoms with E-state index in [1.165, 1.54) is 6.08 Å². The Morgan fingerprint density at radius 3 is 2.50 bits per heavy atom. The van der Waals surface area contributed by atoms with Crippen molar-refractivity contribution in [3.63, 3.8) is 0 Å². The Labute approximate surface area is 176 Å². The predicted octanol–water partition coefficient (Wildman–Crippen LogP) is 5.53. The average molecular weight is 403 g/mol. The van der Waals surface area contributed by atoms with E-state index in [1.807, 2.05) is 68.4 Å². The fraction of sp³-hybridized carbons (Fsp3) is 0.200. The molecule has 0 aliphatic carbocycles. The van der Waals surface area contributed by atoms with Crippen LogP contribution in [-0.4, -0.2) is 21.2 Å². The lowest BCUT2D eigenvalue weighted by Crippen LogP contribution is -2.04. The van der Waals surface area contributed by atoms with E-state index in [1.54, 1.807) is 0 Å². The van der Waals surface area contributed by atoms with Gasteiger partial charge in [-0.3, -0.25) is 4.98 Å². The van der Waals surface area contributed by atoms with E-state index < -0.39 is 5.97 Å². The maximum atomic E-state index is 11.0. The first-order chi connectivity index (χ1) is 14.5. The van der Waals surface area contributed by atoms with Gasteiger partial charge in [-0.05, 0) is 54.8 Å². The molecule has 0 amide bonds. The van der Waals surface area contributed by atoms with Crippen molar-refractivity contribution in [3.8, 4) is 17.2 Å². The highest BCUT2D eigenvalue weighted by Crippen LogP contribution is 2.30. The summed E-state index contributed by atoms with van der Waals surface area (Å²) in [5.41, 5.74) is 3.67. The van der Waals surface area contributed by atoms with Gasteiger partial charge in [0.1, 0.15) is 17.2 Å². The van der Waals surface area contributed by atoms with Crippen molar-refractivity contribution < 1.29 is 19.7 Å². The summed E-state index contributed by atoms with van der Waals surface area (Å²) in [7, 11) is 0. The molecule has 0 spiro atoms. The Morgan fingerprint density at radius 2 is 1.80 bits per heavy atom. The van der Waals surface area contributed by atoms with Crippen LogP contribution in [0.1, 0.15) is 41.4 Å². The maximum Gasteiger partial charge on any atom is 0.328 e. The van der Waals surface area contributed by atoms with E-state index in [-0.39, 0.29) is 5.75 Å². The molecule has 0 radical (unpaired) electrons. The van der Waals surface area contributed by atoms with Gasteiger partial charge in [0.2, 0.25) is 0 Å². The summed E-state index contributed by atoms with van der Waals surface area (Å²) < 4.78 is 5.92. The van der Waals surface area contributed by atoms with Gasteiger partial charge < -0.3 is 14.9 Å². The summed E-state index contributed by atoms with van der Waals surface area (Å²) in [4.78, 5) is 15.7. The number of aromatic nitrogens is 1. The van der Waals surface area contributed by atoms with Gasteiger partial charge in [-0.15, -0.1) is 0 Å². The summed E-state index contributed by atoms with van der Waals surface area (Å²) in [6.45, 7) is 3.86. The van der Waals surface area contributed by atoms with E-state index in [2.05, 4.69) is 4.98 Å². The topological polar surface area (TPSA) is 79.7 Å². The minimum Gasteiger partial charge on any atom is -0.505 e. The van der Waals surface area contributed by atoms with Crippen molar-refractivity contribution in [1.82, 2.24) is 4.98 Å². The zero-order valence-corrected chi connectivity index (χ0v) is 17.1. The van der Waals surface area contributed by atoms with E-state index in [0.717, 1.165) is 40.8 Å². The lowest BCUT2D eigenvalue weighted by Gasteiger charge is -2.15. The van der Waals surface area contributed by atoms with Gasteiger partial charge in [0.15, 0.2) is 0 Å². The highest BCUT2D eigenvalue weighted by Gasteiger charge is 2.15. The van der Waals surface area contributed by atoms with E-state index >= 15 is 0 Å².